The molecule has 5 rings (SSSR count). The molecule has 13 heavy (non-hydrogen) atoms. The molecule has 5 saturated carbocycles. The van der Waals surface area contributed by atoms with Crippen molar-refractivity contribution in [3.8, 4) is 0 Å². The summed E-state index contributed by atoms with van der Waals surface area (Å²) in [7, 11) is 0. The normalized spacial score (nSPS) is 74.9. The highest BCUT2D eigenvalue weighted by atomic mass is 16.1. The SMILES string of the molecule is O=C1C2CC3CC(C2)C24CC12C4C3. The first-order chi connectivity index (χ1) is 6.29. The molecule has 3 bridgehead atoms. The van der Waals surface area contributed by atoms with Gasteiger partial charge in [0.15, 0.2) is 0 Å². The van der Waals surface area contributed by atoms with E-state index in [1.165, 1.54) is 32.1 Å². The van der Waals surface area contributed by atoms with E-state index in [-0.39, 0.29) is 0 Å². The van der Waals surface area contributed by atoms with Crippen LogP contribution in [0.2, 0.25) is 0 Å². The van der Waals surface area contributed by atoms with E-state index in [4.69, 9.17) is 0 Å². The van der Waals surface area contributed by atoms with Gasteiger partial charge in [-0.25, -0.2) is 0 Å². The number of carbonyl (C=O) groups excluding carboxylic acids is 1. The molecule has 0 amide bonds. The molecule has 6 unspecified atom stereocenters. The molecule has 0 aliphatic heterocycles. The molecule has 1 nitrogen and oxygen atoms in total. The van der Waals surface area contributed by atoms with Crippen LogP contribution in [0.4, 0.5) is 0 Å². The van der Waals surface area contributed by atoms with Crippen LogP contribution in [-0.4, -0.2) is 5.78 Å². The third-order valence-electron chi connectivity index (χ3n) is 6.32. The Morgan fingerprint density at radius 3 is 3.00 bits per heavy atom. The Morgan fingerprint density at radius 1 is 1.15 bits per heavy atom. The number of hydrogen-bond donors (Lipinski definition) is 0. The van der Waals surface area contributed by atoms with Gasteiger partial charge in [0.2, 0.25) is 0 Å². The average molecular weight is 174 g/mol. The quantitative estimate of drug-likeness (QED) is 0.549. The summed E-state index contributed by atoms with van der Waals surface area (Å²) >= 11 is 0. The number of ketones is 1. The van der Waals surface area contributed by atoms with Crippen molar-refractivity contribution in [1.29, 1.82) is 0 Å². The predicted octanol–water partition coefficient (Wildman–Crippen LogP) is 2.01. The van der Waals surface area contributed by atoms with Crippen molar-refractivity contribution in [3.05, 3.63) is 0 Å². The molecule has 5 fully saturated rings. The Morgan fingerprint density at radius 2 is 2.08 bits per heavy atom. The zero-order chi connectivity index (χ0) is 8.42. The van der Waals surface area contributed by atoms with Gasteiger partial charge >= 0.3 is 0 Å². The summed E-state index contributed by atoms with van der Waals surface area (Å²) in [5, 5.41) is 0. The van der Waals surface area contributed by atoms with E-state index < -0.39 is 0 Å². The van der Waals surface area contributed by atoms with E-state index in [0.717, 1.165) is 23.5 Å². The predicted molar refractivity (Wildman–Crippen MR) is 46.9 cm³/mol. The van der Waals surface area contributed by atoms with E-state index in [1.54, 1.807) is 0 Å². The summed E-state index contributed by atoms with van der Waals surface area (Å²) in [5.41, 5.74) is 0.962. The number of carbonyl (C=O) groups is 1. The third kappa shape index (κ3) is 0.365. The number of rotatable bonds is 0. The number of fused-ring (bicyclic) bond motifs is 2. The lowest BCUT2D eigenvalue weighted by Crippen LogP contribution is -2.35. The summed E-state index contributed by atoms with van der Waals surface area (Å²) < 4.78 is 0. The van der Waals surface area contributed by atoms with Crippen molar-refractivity contribution in [1.82, 2.24) is 0 Å². The van der Waals surface area contributed by atoms with Crippen molar-refractivity contribution in [2.75, 3.05) is 0 Å². The van der Waals surface area contributed by atoms with Crippen LogP contribution in [0.1, 0.15) is 32.1 Å². The van der Waals surface area contributed by atoms with Gasteiger partial charge in [-0.1, -0.05) is 0 Å². The average Bonchev–Trinajstić information content (AvgIpc) is 2.95. The highest BCUT2D eigenvalue weighted by molar-refractivity contribution is 5.98. The lowest BCUT2D eigenvalue weighted by Gasteiger charge is -2.40. The van der Waals surface area contributed by atoms with Crippen LogP contribution < -0.4 is 0 Å². The highest BCUT2D eigenvalue weighted by Gasteiger charge is 2.98. The van der Waals surface area contributed by atoms with Crippen molar-refractivity contribution >= 4 is 5.78 Å². The monoisotopic (exact) mass is 174 g/mol. The summed E-state index contributed by atoms with van der Waals surface area (Å²) in [6.45, 7) is 0. The van der Waals surface area contributed by atoms with Gasteiger partial charge in [0.05, 0.1) is 0 Å². The Labute approximate surface area is 77.9 Å². The molecule has 68 valence electrons. The van der Waals surface area contributed by atoms with Gasteiger partial charge in [0.25, 0.3) is 0 Å². The molecule has 5 aliphatic carbocycles. The van der Waals surface area contributed by atoms with Crippen LogP contribution in [0.5, 0.6) is 0 Å². The minimum Gasteiger partial charge on any atom is -0.299 e. The van der Waals surface area contributed by atoms with E-state index in [9.17, 15) is 4.79 Å². The van der Waals surface area contributed by atoms with Gasteiger partial charge in [-0.15, -0.1) is 0 Å². The summed E-state index contributed by atoms with van der Waals surface area (Å²) in [4.78, 5) is 12.2. The Bertz CT molecular complexity index is 360. The van der Waals surface area contributed by atoms with E-state index in [2.05, 4.69) is 0 Å². The fourth-order valence-electron chi connectivity index (χ4n) is 5.90. The largest absolute Gasteiger partial charge is 0.299 e. The molecule has 5 aliphatic rings. The van der Waals surface area contributed by atoms with Crippen LogP contribution in [-0.2, 0) is 4.79 Å². The molecule has 0 aromatic carbocycles. The van der Waals surface area contributed by atoms with E-state index >= 15 is 0 Å². The van der Waals surface area contributed by atoms with Crippen molar-refractivity contribution in [2.24, 2.45) is 34.5 Å². The van der Waals surface area contributed by atoms with E-state index in [0.29, 0.717) is 16.7 Å². The standard InChI is InChI=1S/C12H14O/c13-10-7-1-6-2-8(4-7)11-5-12(10,11)9(11)3-6/h6-9H,1-5H2. The molecule has 0 aromatic heterocycles. The molecule has 0 aromatic rings. The molecule has 0 saturated heterocycles. The van der Waals surface area contributed by atoms with E-state index in [1.807, 2.05) is 0 Å². The Kier molecular flexibility index (Phi) is 0.633. The zero-order valence-electron chi connectivity index (χ0n) is 7.75. The van der Waals surface area contributed by atoms with Crippen LogP contribution in [0.25, 0.3) is 0 Å². The molecule has 1 spiro atoms. The summed E-state index contributed by atoms with van der Waals surface area (Å²) in [5.74, 6) is 4.08. The first kappa shape index (κ1) is 6.21. The third-order valence-corrected chi connectivity index (χ3v) is 6.32. The first-order valence-corrected chi connectivity index (χ1v) is 5.83. The van der Waals surface area contributed by atoms with Gasteiger partial charge in [-0.05, 0) is 55.3 Å². The molecule has 0 radical (unpaired) electrons. The summed E-state index contributed by atoms with van der Waals surface area (Å²) in [6.07, 6.45) is 6.79. The second-order valence-electron chi connectivity index (χ2n) is 6.31. The lowest BCUT2D eigenvalue weighted by molar-refractivity contribution is -0.129. The molecular weight excluding hydrogens is 160 g/mol. The Balaban J connectivity index is 1.81. The number of Topliss-reactive ketones (excluding diaryl/α,β-unsaturated/α-hetero) is 1. The first-order valence-electron chi connectivity index (χ1n) is 5.83. The van der Waals surface area contributed by atoms with Gasteiger partial charge in [-0.3, -0.25) is 4.79 Å². The molecule has 0 heterocycles. The zero-order valence-corrected chi connectivity index (χ0v) is 7.75. The number of hydrogen-bond acceptors (Lipinski definition) is 1. The van der Waals surface area contributed by atoms with Crippen molar-refractivity contribution in [2.45, 2.75) is 32.1 Å². The smallest absolute Gasteiger partial charge is 0.143 e. The maximum absolute atomic E-state index is 12.2. The lowest BCUT2D eigenvalue weighted by atomic mass is 9.64. The van der Waals surface area contributed by atoms with Crippen LogP contribution in [0.3, 0.4) is 0 Å². The second kappa shape index (κ2) is 1.32. The molecule has 6 atom stereocenters. The van der Waals surface area contributed by atoms with Crippen LogP contribution in [0, 0.1) is 34.5 Å². The second-order valence-corrected chi connectivity index (χ2v) is 6.31. The maximum atomic E-state index is 12.2. The molecule has 1 heteroatoms. The minimum atomic E-state index is 0.325. The fourth-order valence-corrected chi connectivity index (χ4v) is 5.90. The van der Waals surface area contributed by atoms with Gasteiger partial charge in [-0.2, -0.15) is 0 Å². The Hall–Kier alpha value is -0.330. The molecular formula is C12H14O. The molecule has 0 N–H and O–H groups in total. The van der Waals surface area contributed by atoms with Crippen molar-refractivity contribution < 1.29 is 4.79 Å². The van der Waals surface area contributed by atoms with Gasteiger partial charge in [0, 0.05) is 11.3 Å². The van der Waals surface area contributed by atoms with Gasteiger partial charge in [0.1, 0.15) is 5.78 Å². The fraction of sp³-hybridized carbons (Fsp3) is 0.917. The summed E-state index contributed by atoms with van der Waals surface area (Å²) in [6, 6.07) is 0. The highest BCUT2D eigenvalue weighted by Crippen LogP contribution is 2.99. The topological polar surface area (TPSA) is 17.1 Å². The minimum absolute atomic E-state index is 0.325. The maximum Gasteiger partial charge on any atom is 0.143 e. The van der Waals surface area contributed by atoms with Gasteiger partial charge < -0.3 is 0 Å². The van der Waals surface area contributed by atoms with Crippen LogP contribution >= 0.6 is 0 Å². The van der Waals surface area contributed by atoms with Crippen molar-refractivity contribution in [3.63, 3.8) is 0 Å². The van der Waals surface area contributed by atoms with Crippen LogP contribution in [0.15, 0.2) is 0 Å².